The summed E-state index contributed by atoms with van der Waals surface area (Å²) in [5.41, 5.74) is 2.82. The molecule has 1 fully saturated rings. The van der Waals surface area contributed by atoms with Gasteiger partial charge >= 0.3 is 0 Å². The van der Waals surface area contributed by atoms with Gasteiger partial charge in [-0.1, -0.05) is 119 Å². The van der Waals surface area contributed by atoms with Crippen LogP contribution in [0.2, 0.25) is 5.04 Å². The monoisotopic (exact) mass is 781 g/mol. The number of rotatable bonds is 17. The molecule has 4 aromatic carbocycles. The molecule has 0 spiro atoms. The molecule has 2 aliphatic carbocycles. The van der Waals surface area contributed by atoms with Crippen molar-refractivity contribution in [2.45, 2.75) is 83.4 Å². The van der Waals surface area contributed by atoms with Gasteiger partial charge in [0.2, 0.25) is 10.0 Å². The zero-order chi connectivity index (χ0) is 39.4. The molecule has 4 aromatic rings. The maximum atomic E-state index is 14.4. The predicted octanol–water partition coefficient (Wildman–Crippen LogP) is 7.97. The van der Waals surface area contributed by atoms with Gasteiger partial charge in [-0.3, -0.25) is 0 Å². The fourth-order valence-corrected chi connectivity index (χ4v) is 15.0. The number of nitrogens with zero attached hydrogens (tertiary/aromatic N) is 1. The molecule has 7 nitrogen and oxygen atoms in total. The van der Waals surface area contributed by atoms with Crippen molar-refractivity contribution in [2.24, 2.45) is 23.7 Å². The maximum absolute atomic E-state index is 14.4. The van der Waals surface area contributed by atoms with Crippen molar-refractivity contribution in [3.05, 3.63) is 132 Å². The Morgan fingerprint density at radius 1 is 0.764 bits per heavy atom. The second kappa shape index (κ2) is 17.2. The van der Waals surface area contributed by atoms with Gasteiger partial charge in [-0.15, -0.1) is 0 Å². The fraction of sp³-hybridized carbons (Fsp3) is 0.435. The van der Waals surface area contributed by atoms with Gasteiger partial charge in [-0.05, 0) is 106 Å². The third kappa shape index (κ3) is 8.66. The summed E-state index contributed by atoms with van der Waals surface area (Å²) < 4.78 is 48.4. The first kappa shape index (κ1) is 40.9. The van der Waals surface area contributed by atoms with E-state index in [0.29, 0.717) is 13.0 Å². The number of hydrogen-bond acceptors (Lipinski definition) is 6. The van der Waals surface area contributed by atoms with E-state index in [1.54, 1.807) is 18.5 Å². The van der Waals surface area contributed by atoms with Gasteiger partial charge in [0.1, 0.15) is 11.5 Å². The van der Waals surface area contributed by atoms with E-state index in [1.165, 1.54) is 10.4 Å². The predicted molar refractivity (Wildman–Crippen MR) is 225 cm³/mol. The van der Waals surface area contributed by atoms with E-state index in [9.17, 15) is 13.5 Å². The van der Waals surface area contributed by atoms with Crippen LogP contribution in [0.1, 0.15) is 65.0 Å². The van der Waals surface area contributed by atoms with Gasteiger partial charge in [-0.25, -0.2) is 8.42 Å². The molecule has 9 heteroatoms. The number of hydrogen-bond donors (Lipinski definition) is 1. The molecule has 0 bridgehead atoms. The molecule has 6 atom stereocenters. The highest BCUT2D eigenvalue weighted by atomic mass is 32.2. The largest absolute Gasteiger partial charge is 0.497 e. The normalized spacial score (nSPS) is 20.5. The van der Waals surface area contributed by atoms with E-state index in [4.69, 9.17) is 13.9 Å². The fourth-order valence-electron chi connectivity index (χ4n) is 8.52. The average molecular weight is 782 g/mol. The highest BCUT2D eigenvalue weighted by molar-refractivity contribution is 7.89. The molecule has 1 N–H and O–H groups in total. The first-order valence-corrected chi connectivity index (χ1v) is 23.1. The second-order valence-corrected chi connectivity index (χ2v) is 23.2. The molecule has 2 aliphatic rings. The molecule has 55 heavy (non-hydrogen) atoms. The minimum atomic E-state index is -3.72. The highest BCUT2D eigenvalue weighted by Crippen LogP contribution is 2.46. The Bertz CT molecular complexity index is 1890. The van der Waals surface area contributed by atoms with Crippen molar-refractivity contribution < 1.29 is 27.4 Å². The molecule has 6 rings (SSSR count). The van der Waals surface area contributed by atoms with Crippen LogP contribution in [-0.4, -0.2) is 58.3 Å². The first-order chi connectivity index (χ1) is 26.3. The van der Waals surface area contributed by atoms with Crippen LogP contribution in [0.25, 0.3) is 0 Å². The smallest absolute Gasteiger partial charge is 0.261 e. The van der Waals surface area contributed by atoms with E-state index in [-0.39, 0.29) is 41.8 Å². The van der Waals surface area contributed by atoms with Gasteiger partial charge in [0.15, 0.2) is 0 Å². The number of allylic oxidation sites excluding steroid dienone is 1. The lowest BCUT2D eigenvalue weighted by Crippen LogP contribution is -2.67. The molecule has 0 amide bonds. The molecule has 1 saturated carbocycles. The summed E-state index contributed by atoms with van der Waals surface area (Å²) in [4.78, 5) is 0. The Kier molecular flexibility index (Phi) is 12.8. The third-order valence-electron chi connectivity index (χ3n) is 12.4. The lowest BCUT2D eigenvalue weighted by atomic mass is 9.65. The van der Waals surface area contributed by atoms with Gasteiger partial charge in [-0.2, -0.15) is 4.31 Å². The molecule has 0 radical (unpaired) electrons. The number of aliphatic hydroxyl groups excluding tert-OH is 1. The van der Waals surface area contributed by atoms with Crippen molar-refractivity contribution in [1.29, 1.82) is 0 Å². The van der Waals surface area contributed by atoms with Gasteiger partial charge in [0.25, 0.3) is 8.32 Å². The Balaban J connectivity index is 1.14. The number of aliphatic hydroxyl groups is 1. The first-order valence-electron chi connectivity index (χ1n) is 19.7. The van der Waals surface area contributed by atoms with Gasteiger partial charge in [0.05, 0.1) is 25.6 Å². The molecule has 0 aliphatic heterocycles. The van der Waals surface area contributed by atoms with Gasteiger partial charge in [0, 0.05) is 19.7 Å². The summed E-state index contributed by atoms with van der Waals surface area (Å²) in [6.07, 6.45) is 4.30. The summed E-state index contributed by atoms with van der Waals surface area (Å²) in [5.74, 6) is 1.79. The second-order valence-electron chi connectivity index (χ2n) is 16.6. The summed E-state index contributed by atoms with van der Waals surface area (Å²) in [6, 6.07) is 36.5. The number of sulfonamides is 1. The molecule has 0 saturated heterocycles. The molecule has 0 heterocycles. The summed E-state index contributed by atoms with van der Waals surface area (Å²) in [7, 11) is -3.15. The molecule has 294 valence electrons. The van der Waals surface area contributed by atoms with Crippen LogP contribution in [0.15, 0.2) is 121 Å². The Morgan fingerprint density at radius 3 is 1.64 bits per heavy atom. The Labute approximate surface area is 330 Å². The quantitative estimate of drug-likeness (QED) is 0.0865. The SMILES string of the molecule is COc1ccc(CN(Cc2ccc(OC)cc2)S(=O)(=O)[C@H](C)[C@@H](C)[C@@H]2C=C([C@H](O)[C@@H]3CC[C@H]3CO[Si](c3ccccc3)(c3ccccc3)C(C)(C)C)C2)cc1. The maximum Gasteiger partial charge on any atom is 0.261 e. The summed E-state index contributed by atoms with van der Waals surface area (Å²) >= 11 is 0. The van der Waals surface area contributed by atoms with Gasteiger partial charge < -0.3 is 19.0 Å². The molecular weight excluding hydrogens is 723 g/mol. The van der Waals surface area contributed by atoms with Crippen LogP contribution in [0.4, 0.5) is 0 Å². The van der Waals surface area contributed by atoms with Crippen molar-refractivity contribution >= 4 is 28.7 Å². The summed E-state index contributed by atoms with van der Waals surface area (Å²) in [5, 5.41) is 13.5. The number of benzene rings is 4. The van der Waals surface area contributed by atoms with Crippen LogP contribution >= 0.6 is 0 Å². The van der Waals surface area contributed by atoms with E-state index >= 15 is 0 Å². The lowest BCUT2D eigenvalue weighted by molar-refractivity contribution is 0.00403. The van der Waals surface area contributed by atoms with Crippen LogP contribution in [0, 0.1) is 23.7 Å². The average Bonchev–Trinajstić information content (AvgIpc) is 3.15. The van der Waals surface area contributed by atoms with E-state index in [0.717, 1.165) is 41.0 Å². The van der Waals surface area contributed by atoms with Crippen molar-refractivity contribution in [3.63, 3.8) is 0 Å². The third-order valence-corrected chi connectivity index (χ3v) is 19.7. The van der Waals surface area contributed by atoms with Crippen molar-refractivity contribution in [1.82, 2.24) is 4.31 Å². The van der Waals surface area contributed by atoms with E-state index < -0.39 is 29.7 Å². The minimum Gasteiger partial charge on any atom is -0.497 e. The molecule has 0 unspecified atom stereocenters. The van der Waals surface area contributed by atoms with Crippen LogP contribution in [0.5, 0.6) is 11.5 Å². The zero-order valence-corrected chi connectivity index (χ0v) is 35.3. The van der Waals surface area contributed by atoms with E-state index in [1.807, 2.05) is 62.4 Å². The van der Waals surface area contributed by atoms with E-state index in [2.05, 4.69) is 87.5 Å². The standard InChI is InChI=1S/C46H59NO6SSi/c1-33(34(2)54(49,50)47(30-35-18-23-40(51-6)24-19-35)31-36-20-25-41(52-7)26-21-36)38-28-39(29-38)45(48)44-27-22-37(44)32-53-55(46(3,4)5,42-14-10-8-11-15-42)43-16-12-9-13-17-43/h8-21,23-26,28,33-34,37-38,44-45,48H,22,27,29-32H2,1-7H3/t33-,34-,37+,38-,44-,45+/m1/s1. The van der Waals surface area contributed by atoms with Crippen molar-refractivity contribution in [3.8, 4) is 11.5 Å². The Morgan fingerprint density at radius 2 is 1.24 bits per heavy atom. The molecular formula is C46H59NO6SSi. The minimum absolute atomic E-state index is 0.0742. The topological polar surface area (TPSA) is 85.3 Å². The zero-order valence-electron chi connectivity index (χ0n) is 33.5. The molecule has 0 aromatic heterocycles. The van der Waals surface area contributed by atoms with Crippen LogP contribution in [-0.2, 0) is 27.5 Å². The Hall–Kier alpha value is -3.73. The lowest BCUT2D eigenvalue weighted by Gasteiger charge is -2.48. The van der Waals surface area contributed by atoms with Crippen LogP contribution in [0.3, 0.4) is 0 Å². The highest BCUT2D eigenvalue weighted by Gasteiger charge is 2.51. The van der Waals surface area contributed by atoms with Crippen LogP contribution < -0.4 is 19.8 Å². The number of methoxy groups -OCH3 is 2. The number of ether oxygens (including phenoxy) is 2. The van der Waals surface area contributed by atoms with Crippen molar-refractivity contribution in [2.75, 3.05) is 20.8 Å². The summed E-state index contributed by atoms with van der Waals surface area (Å²) in [6.45, 7) is 11.9.